The summed E-state index contributed by atoms with van der Waals surface area (Å²) in [6.07, 6.45) is 2.70. The molecule has 0 bridgehead atoms. The Morgan fingerprint density at radius 3 is 2.76 bits per heavy atom. The highest BCUT2D eigenvalue weighted by molar-refractivity contribution is 5.78. The molecular formula is C13H21N3O. The van der Waals surface area contributed by atoms with E-state index in [1.165, 1.54) is 0 Å². The molecule has 2 N–H and O–H groups in total. The monoisotopic (exact) mass is 235 g/mol. The number of amides is 1. The molecule has 0 aromatic carbocycles. The van der Waals surface area contributed by atoms with Crippen LogP contribution in [0.1, 0.15) is 38.9 Å². The quantitative estimate of drug-likeness (QED) is 0.788. The number of aromatic nitrogens is 1. The molecule has 4 nitrogen and oxygen atoms in total. The van der Waals surface area contributed by atoms with Crippen LogP contribution in [-0.2, 0) is 4.79 Å². The zero-order chi connectivity index (χ0) is 12.7. The standard InChI is InChI=1S/C13H21N3O/c1-4-10(2)16-13(17)9-15-11(3)12-7-5-6-8-14-12/h5-8,10-11,15H,4,9H2,1-3H3,(H,16,17). The van der Waals surface area contributed by atoms with E-state index in [1.54, 1.807) is 6.20 Å². The van der Waals surface area contributed by atoms with Crippen molar-refractivity contribution in [1.29, 1.82) is 0 Å². The third kappa shape index (κ3) is 4.95. The minimum absolute atomic E-state index is 0.0298. The van der Waals surface area contributed by atoms with Gasteiger partial charge in [-0.2, -0.15) is 0 Å². The van der Waals surface area contributed by atoms with E-state index in [1.807, 2.05) is 32.0 Å². The van der Waals surface area contributed by atoms with Crippen LogP contribution in [-0.4, -0.2) is 23.5 Å². The lowest BCUT2D eigenvalue weighted by molar-refractivity contribution is -0.121. The third-order valence-electron chi connectivity index (χ3n) is 2.72. The van der Waals surface area contributed by atoms with Gasteiger partial charge in [0.25, 0.3) is 0 Å². The molecule has 0 aliphatic heterocycles. The molecule has 4 heteroatoms. The van der Waals surface area contributed by atoms with Gasteiger partial charge in [0, 0.05) is 18.3 Å². The number of nitrogens with one attached hydrogen (secondary N) is 2. The number of carbonyl (C=O) groups excluding carboxylic acids is 1. The first-order valence-electron chi connectivity index (χ1n) is 6.07. The maximum absolute atomic E-state index is 11.6. The molecule has 0 aliphatic carbocycles. The van der Waals surface area contributed by atoms with E-state index in [0.717, 1.165) is 12.1 Å². The summed E-state index contributed by atoms with van der Waals surface area (Å²) in [6.45, 7) is 6.37. The lowest BCUT2D eigenvalue weighted by Gasteiger charge is -2.15. The highest BCUT2D eigenvalue weighted by Gasteiger charge is 2.09. The Bertz CT molecular complexity index is 340. The third-order valence-corrected chi connectivity index (χ3v) is 2.72. The normalized spacial score (nSPS) is 14.1. The van der Waals surface area contributed by atoms with E-state index in [9.17, 15) is 4.79 Å². The first-order chi connectivity index (χ1) is 8.13. The summed E-state index contributed by atoms with van der Waals surface area (Å²) in [7, 11) is 0. The van der Waals surface area contributed by atoms with Crippen molar-refractivity contribution in [3.8, 4) is 0 Å². The highest BCUT2D eigenvalue weighted by Crippen LogP contribution is 2.06. The van der Waals surface area contributed by atoms with Crippen LogP contribution in [0.15, 0.2) is 24.4 Å². The van der Waals surface area contributed by atoms with E-state index in [0.29, 0.717) is 6.54 Å². The summed E-state index contributed by atoms with van der Waals surface area (Å²) >= 11 is 0. The molecule has 0 saturated carbocycles. The number of rotatable bonds is 6. The van der Waals surface area contributed by atoms with E-state index in [2.05, 4.69) is 22.5 Å². The molecule has 0 saturated heterocycles. The van der Waals surface area contributed by atoms with Gasteiger partial charge in [-0.05, 0) is 32.4 Å². The Hall–Kier alpha value is -1.42. The van der Waals surface area contributed by atoms with E-state index in [-0.39, 0.29) is 18.0 Å². The molecule has 2 atom stereocenters. The molecule has 0 spiro atoms. The minimum Gasteiger partial charge on any atom is -0.353 e. The lowest BCUT2D eigenvalue weighted by atomic mass is 10.2. The second-order valence-corrected chi connectivity index (χ2v) is 4.23. The fourth-order valence-corrected chi connectivity index (χ4v) is 1.41. The van der Waals surface area contributed by atoms with Gasteiger partial charge in [0.2, 0.25) is 5.91 Å². The summed E-state index contributed by atoms with van der Waals surface area (Å²) in [5, 5.41) is 6.07. The number of nitrogens with zero attached hydrogens (tertiary/aromatic N) is 1. The molecule has 1 rings (SSSR count). The Balaban J connectivity index is 2.33. The van der Waals surface area contributed by atoms with Crippen LogP contribution in [0.5, 0.6) is 0 Å². The Morgan fingerprint density at radius 1 is 1.41 bits per heavy atom. The Kier molecular flexibility index (Phi) is 5.63. The van der Waals surface area contributed by atoms with Crippen molar-refractivity contribution in [3.05, 3.63) is 30.1 Å². The Morgan fingerprint density at radius 2 is 2.18 bits per heavy atom. The summed E-state index contributed by atoms with van der Waals surface area (Å²) in [5.41, 5.74) is 0.948. The van der Waals surface area contributed by atoms with Crippen molar-refractivity contribution in [2.24, 2.45) is 0 Å². The number of carbonyl (C=O) groups is 1. The average molecular weight is 235 g/mol. The summed E-state index contributed by atoms with van der Waals surface area (Å²) in [4.78, 5) is 15.8. The average Bonchev–Trinajstić information content (AvgIpc) is 2.36. The molecule has 94 valence electrons. The maximum atomic E-state index is 11.6. The van der Waals surface area contributed by atoms with E-state index in [4.69, 9.17) is 0 Å². The van der Waals surface area contributed by atoms with Gasteiger partial charge in [-0.3, -0.25) is 9.78 Å². The molecule has 1 aromatic rings. The van der Waals surface area contributed by atoms with Gasteiger partial charge in [0.15, 0.2) is 0 Å². The number of hydrogen-bond donors (Lipinski definition) is 2. The first-order valence-corrected chi connectivity index (χ1v) is 6.07. The van der Waals surface area contributed by atoms with Crippen LogP contribution in [0.4, 0.5) is 0 Å². The van der Waals surface area contributed by atoms with Crippen LogP contribution < -0.4 is 10.6 Å². The zero-order valence-electron chi connectivity index (χ0n) is 10.7. The van der Waals surface area contributed by atoms with Crippen molar-refractivity contribution in [2.45, 2.75) is 39.3 Å². The van der Waals surface area contributed by atoms with Crippen molar-refractivity contribution < 1.29 is 4.79 Å². The highest BCUT2D eigenvalue weighted by atomic mass is 16.1. The molecule has 1 aromatic heterocycles. The second-order valence-electron chi connectivity index (χ2n) is 4.23. The molecule has 1 amide bonds. The Labute approximate surface area is 103 Å². The summed E-state index contributed by atoms with van der Waals surface area (Å²) in [5.74, 6) is 0.0298. The van der Waals surface area contributed by atoms with Gasteiger partial charge in [0.05, 0.1) is 12.2 Å². The van der Waals surface area contributed by atoms with Crippen LogP contribution >= 0.6 is 0 Å². The second kappa shape index (κ2) is 7.01. The van der Waals surface area contributed by atoms with E-state index < -0.39 is 0 Å². The zero-order valence-corrected chi connectivity index (χ0v) is 10.7. The van der Waals surface area contributed by atoms with Crippen molar-refractivity contribution >= 4 is 5.91 Å². The van der Waals surface area contributed by atoms with Crippen molar-refractivity contribution in [1.82, 2.24) is 15.6 Å². The fraction of sp³-hybridized carbons (Fsp3) is 0.538. The van der Waals surface area contributed by atoms with Gasteiger partial charge in [-0.15, -0.1) is 0 Å². The molecular weight excluding hydrogens is 214 g/mol. The SMILES string of the molecule is CCC(C)NC(=O)CNC(C)c1ccccn1. The smallest absolute Gasteiger partial charge is 0.234 e. The van der Waals surface area contributed by atoms with Crippen molar-refractivity contribution in [2.75, 3.05) is 6.54 Å². The summed E-state index contributed by atoms with van der Waals surface area (Å²) in [6, 6.07) is 6.09. The van der Waals surface area contributed by atoms with Gasteiger partial charge in [0.1, 0.15) is 0 Å². The number of hydrogen-bond acceptors (Lipinski definition) is 3. The van der Waals surface area contributed by atoms with Gasteiger partial charge >= 0.3 is 0 Å². The molecule has 0 fully saturated rings. The topological polar surface area (TPSA) is 54.0 Å². The van der Waals surface area contributed by atoms with Crippen LogP contribution in [0.3, 0.4) is 0 Å². The number of pyridine rings is 1. The van der Waals surface area contributed by atoms with E-state index >= 15 is 0 Å². The predicted octanol–water partition coefficient (Wildman–Crippen LogP) is 1.65. The summed E-state index contributed by atoms with van der Waals surface area (Å²) < 4.78 is 0. The fourth-order valence-electron chi connectivity index (χ4n) is 1.41. The van der Waals surface area contributed by atoms with Gasteiger partial charge in [-0.25, -0.2) is 0 Å². The van der Waals surface area contributed by atoms with Crippen LogP contribution in [0, 0.1) is 0 Å². The molecule has 0 radical (unpaired) electrons. The first kappa shape index (κ1) is 13.6. The maximum Gasteiger partial charge on any atom is 0.234 e. The molecule has 17 heavy (non-hydrogen) atoms. The largest absolute Gasteiger partial charge is 0.353 e. The molecule has 2 unspecified atom stereocenters. The van der Waals surface area contributed by atoms with Crippen LogP contribution in [0.25, 0.3) is 0 Å². The predicted molar refractivity (Wildman–Crippen MR) is 68.6 cm³/mol. The minimum atomic E-state index is 0.0298. The van der Waals surface area contributed by atoms with Gasteiger partial charge in [-0.1, -0.05) is 13.0 Å². The molecule has 0 aliphatic rings. The molecule has 1 heterocycles. The van der Waals surface area contributed by atoms with Crippen LogP contribution in [0.2, 0.25) is 0 Å². The van der Waals surface area contributed by atoms with Gasteiger partial charge < -0.3 is 10.6 Å². The lowest BCUT2D eigenvalue weighted by Crippen LogP contribution is -2.39. The van der Waals surface area contributed by atoms with Crippen molar-refractivity contribution in [3.63, 3.8) is 0 Å².